The first kappa shape index (κ1) is 11.8. The number of carbonyl (C=O) groups excluding carboxylic acids is 2. The van der Waals surface area contributed by atoms with E-state index < -0.39 is 0 Å². The first-order chi connectivity index (χ1) is 7.76. The van der Waals surface area contributed by atoms with Crippen molar-refractivity contribution in [2.45, 2.75) is 0 Å². The molecule has 0 radical (unpaired) electrons. The molecule has 0 unspecified atom stereocenters. The zero-order valence-corrected chi connectivity index (χ0v) is 8.94. The lowest BCUT2D eigenvalue weighted by Gasteiger charge is -2.13. The van der Waals surface area contributed by atoms with Crippen LogP contribution in [-0.2, 0) is 9.59 Å². The smallest absolute Gasteiger partial charge is 0.211 e. The van der Waals surface area contributed by atoms with E-state index in [0.717, 1.165) is 0 Å². The number of ether oxygens (including phenoxy) is 2. The van der Waals surface area contributed by atoms with Gasteiger partial charge in [-0.3, -0.25) is 9.59 Å². The normalized spacial score (nSPS) is 9.12. The molecule has 86 valence electrons. The molecule has 1 aromatic carbocycles. The third-order valence-corrected chi connectivity index (χ3v) is 1.95. The molecule has 1 rings (SSSR count). The van der Waals surface area contributed by atoms with Gasteiger partial charge in [-0.25, -0.2) is 0 Å². The minimum Gasteiger partial charge on any atom is -0.494 e. The van der Waals surface area contributed by atoms with E-state index in [-0.39, 0.29) is 0 Å². The molecule has 0 aliphatic carbocycles. The van der Waals surface area contributed by atoms with Crippen LogP contribution in [0.3, 0.4) is 0 Å². The quantitative estimate of drug-likeness (QED) is 0.702. The van der Waals surface area contributed by atoms with Gasteiger partial charge in [-0.15, -0.1) is 0 Å². The Morgan fingerprint density at radius 1 is 0.938 bits per heavy atom. The van der Waals surface area contributed by atoms with E-state index >= 15 is 0 Å². The van der Waals surface area contributed by atoms with E-state index in [0.29, 0.717) is 35.7 Å². The maximum Gasteiger partial charge on any atom is 0.211 e. The molecule has 16 heavy (non-hydrogen) atoms. The van der Waals surface area contributed by atoms with Gasteiger partial charge < -0.3 is 20.1 Å². The van der Waals surface area contributed by atoms with E-state index in [9.17, 15) is 9.59 Å². The molecule has 2 N–H and O–H groups in total. The molecule has 0 saturated carbocycles. The summed E-state index contributed by atoms with van der Waals surface area (Å²) in [5.41, 5.74) is 0.927. The molecule has 0 aliphatic rings. The molecule has 0 spiro atoms. The third kappa shape index (κ3) is 2.41. The second-order valence-corrected chi connectivity index (χ2v) is 2.78. The van der Waals surface area contributed by atoms with Crippen LogP contribution >= 0.6 is 0 Å². The number of anilines is 2. The van der Waals surface area contributed by atoms with Gasteiger partial charge in [-0.2, -0.15) is 0 Å². The summed E-state index contributed by atoms with van der Waals surface area (Å²) in [6, 6.07) is 3.11. The number of methoxy groups -OCH3 is 2. The molecular weight excluding hydrogens is 212 g/mol. The lowest BCUT2D eigenvalue weighted by atomic mass is 10.2. The van der Waals surface area contributed by atoms with E-state index in [2.05, 4.69) is 10.6 Å². The molecule has 2 amide bonds. The van der Waals surface area contributed by atoms with Crippen LogP contribution in [-0.4, -0.2) is 27.0 Å². The largest absolute Gasteiger partial charge is 0.494 e. The molecule has 0 aromatic heterocycles. The molecule has 6 nitrogen and oxygen atoms in total. The van der Waals surface area contributed by atoms with Crippen LogP contribution in [0.15, 0.2) is 12.1 Å². The fourth-order valence-corrected chi connectivity index (χ4v) is 1.25. The van der Waals surface area contributed by atoms with Crippen LogP contribution in [0.5, 0.6) is 11.5 Å². The van der Waals surface area contributed by atoms with Crippen LogP contribution in [0.4, 0.5) is 11.4 Å². The van der Waals surface area contributed by atoms with Gasteiger partial charge in [-0.05, 0) is 0 Å². The average Bonchev–Trinajstić information content (AvgIpc) is 2.31. The summed E-state index contributed by atoms with van der Waals surface area (Å²) in [5.74, 6) is 0.856. The molecular formula is C10H12N2O4. The third-order valence-electron chi connectivity index (χ3n) is 1.95. The molecule has 0 aliphatic heterocycles. The Bertz CT molecular complexity index is 355. The van der Waals surface area contributed by atoms with E-state index in [1.165, 1.54) is 14.2 Å². The van der Waals surface area contributed by atoms with Crippen LogP contribution in [0.25, 0.3) is 0 Å². The zero-order chi connectivity index (χ0) is 12.0. The number of hydrogen-bond donors (Lipinski definition) is 2. The second kappa shape index (κ2) is 5.59. The first-order valence-electron chi connectivity index (χ1n) is 4.43. The summed E-state index contributed by atoms with van der Waals surface area (Å²) in [4.78, 5) is 20.7. The Labute approximate surface area is 92.5 Å². The first-order valence-corrected chi connectivity index (χ1v) is 4.43. The zero-order valence-electron chi connectivity index (χ0n) is 8.94. The van der Waals surface area contributed by atoms with Crippen LogP contribution in [0.2, 0.25) is 0 Å². The standard InChI is InChI=1S/C10H12N2O4/c1-15-9-3-8(12-6-14)10(16-2)4-7(9)11-5-13/h3-6H,1-2H3,(H,11,13)(H,12,14). The highest BCUT2D eigenvalue weighted by atomic mass is 16.5. The van der Waals surface area contributed by atoms with Crippen molar-refractivity contribution in [3.63, 3.8) is 0 Å². The lowest BCUT2D eigenvalue weighted by molar-refractivity contribution is -0.106. The number of amides is 2. The summed E-state index contributed by atoms with van der Waals surface area (Å²) in [7, 11) is 2.92. The lowest BCUT2D eigenvalue weighted by Crippen LogP contribution is -2.02. The van der Waals surface area contributed by atoms with E-state index in [1.807, 2.05) is 0 Å². The SMILES string of the molecule is COc1cc(NC=O)c(OC)cc1NC=O. The van der Waals surface area contributed by atoms with Crippen LogP contribution in [0.1, 0.15) is 0 Å². The van der Waals surface area contributed by atoms with Gasteiger partial charge in [0, 0.05) is 12.1 Å². The van der Waals surface area contributed by atoms with Crippen molar-refractivity contribution in [1.82, 2.24) is 0 Å². The van der Waals surface area contributed by atoms with E-state index in [1.54, 1.807) is 12.1 Å². The minimum absolute atomic E-state index is 0.428. The van der Waals surface area contributed by atoms with Crippen molar-refractivity contribution in [3.8, 4) is 11.5 Å². The highest BCUT2D eigenvalue weighted by Gasteiger charge is 2.10. The average molecular weight is 224 g/mol. The Hall–Kier alpha value is -2.24. The highest BCUT2D eigenvalue weighted by Crippen LogP contribution is 2.35. The maximum absolute atomic E-state index is 10.4. The molecule has 0 fully saturated rings. The van der Waals surface area contributed by atoms with Crippen LogP contribution < -0.4 is 20.1 Å². The fraction of sp³-hybridized carbons (Fsp3) is 0.200. The number of benzene rings is 1. The van der Waals surface area contributed by atoms with Gasteiger partial charge in [0.2, 0.25) is 12.8 Å². The van der Waals surface area contributed by atoms with E-state index in [4.69, 9.17) is 9.47 Å². The number of nitrogens with one attached hydrogen (secondary N) is 2. The Balaban J connectivity index is 3.21. The molecule has 6 heteroatoms. The summed E-state index contributed by atoms with van der Waals surface area (Å²) in [6.07, 6.45) is 1.06. The van der Waals surface area contributed by atoms with Gasteiger partial charge in [0.05, 0.1) is 25.6 Å². The molecule has 0 bridgehead atoms. The Morgan fingerprint density at radius 2 is 1.31 bits per heavy atom. The van der Waals surface area contributed by atoms with Crippen LogP contribution in [0, 0.1) is 0 Å². The topological polar surface area (TPSA) is 76.7 Å². The number of hydrogen-bond acceptors (Lipinski definition) is 4. The fourth-order valence-electron chi connectivity index (χ4n) is 1.25. The van der Waals surface area contributed by atoms with Gasteiger partial charge in [-0.1, -0.05) is 0 Å². The summed E-state index contributed by atoms with van der Waals surface area (Å²) in [6.45, 7) is 0. The Morgan fingerprint density at radius 3 is 1.56 bits per heavy atom. The van der Waals surface area contributed by atoms with Crippen molar-refractivity contribution >= 4 is 24.2 Å². The Kier molecular flexibility index (Phi) is 4.14. The molecule has 0 heterocycles. The summed E-state index contributed by atoms with van der Waals surface area (Å²) < 4.78 is 10.1. The van der Waals surface area contributed by atoms with Crippen molar-refractivity contribution in [3.05, 3.63) is 12.1 Å². The monoisotopic (exact) mass is 224 g/mol. The molecule has 1 aromatic rings. The van der Waals surface area contributed by atoms with Gasteiger partial charge in [0.25, 0.3) is 0 Å². The van der Waals surface area contributed by atoms with Gasteiger partial charge in [0.15, 0.2) is 0 Å². The molecule has 0 atom stereocenters. The van der Waals surface area contributed by atoms with Crippen molar-refractivity contribution in [2.24, 2.45) is 0 Å². The van der Waals surface area contributed by atoms with Crippen molar-refractivity contribution in [2.75, 3.05) is 24.9 Å². The highest BCUT2D eigenvalue weighted by molar-refractivity contribution is 5.83. The summed E-state index contributed by atoms with van der Waals surface area (Å²) in [5, 5.41) is 4.94. The minimum atomic E-state index is 0.428. The predicted molar refractivity (Wildman–Crippen MR) is 58.9 cm³/mol. The van der Waals surface area contributed by atoms with Gasteiger partial charge >= 0.3 is 0 Å². The predicted octanol–water partition coefficient (Wildman–Crippen LogP) is 0.840. The maximum atomic E-state index is 10.4. The van der Waals surface area contributed by atoms with Gasteiger partial charge in [0.1, 0.15) is 11.5 Å². The second-order valence-electron chi connectivity index (χ2n) is 2.78. The van der Waals surface area contributed by atoms with Crippen molar-refractivity contribution in [1.29, 1.82) is 0 Å². The number of rotatable bonds is 6. The number of carbonyl (C=O) groups is 2. The van der Waals surface area contributed by atoms with Crippen molar-refractivity contribution < 1.29 is 19.1 Å². The summed E-state index contributed by atoms with van der Waals surface area (Å²) >= 11 is 0. The molecule has 0 saturated heterocycles.